The molecule has 0 spiro atoms. The Labute approximate surface area is 247 Å². The monoisotopic (exact) mass is 585 g/mol. The number of likely N-dealkylation sites (N-methyl/N-ethyl adjacent to an activating group) is 1. The normalized spacial score (nSPS) is 15.3. The van der Waals surface area contributed by atoms with Crippen molar-refractivity contribution in [2.24, 2.45) is 10.1 Å². The second-order valence-corrected chi connectivity index (χ2v) is 10.8. The number of ether oxygens (including phenoxy) is 3. The van der Waals surface area contributed by atoms with Crippen molar-refractivity contribution in [3.8, 4) is 28.5 Å². The molecule has 0 unspecified atom stereocenters. The molecule has 11 heteroatoms. The highest BCUT2D eigenvalue weighted by Crippen LogP contribution is 2.46. The molecular formula is C31H31N5O5S. The first-order valence-corrected chi connectivity index (χ1v) is 14.0. The number of hydrogen-bond acceptors (Lipinski definition) is 9. The number of hydrogen-bond donors (Lipinski definition) is 0. The molecule has 10 nitrogen and oxygen atoms in total. The quantitative estimate of drug-likeness (QED) is 0.132. The molecule has 0 saturated carbocycles. The maximum absolute atomic E-state index is 11.7. The van der Waals surface area contributed by atoms with Gasteiger partial charge in [-0.25, -0.2) is 9.67 Å². The fourth-order valence-electron chi connectivity index (χ4n) is 5.20. The molecule has 0 radical (unpaired) electrons. The third kappa shape index (κ3) is 5.03. The van der Waals surface area contributed by atoms with E-state index in [0.29, 0.717) is 27.7 Å². The van der Waals surface area contributed by atoms with E-state index in [1.54, 1.807) is 50.4 Å². The molecule has 42 heavy (non-hydrogen) atoms. The van der Waals surface area contributed by atoms with Crippen LogP contribution >= 0.6 is 11.3 Å². The molecular weight excluding hydrogens is 554 g/mol. The molecule has 4 aromatic rings. The standard InChI is InChI=1S/C31H31N5O5S/c1-31(2)21-11-7-9-13-23(21)34(3)28(31)15-16-32-35-25(20-17-26(39-4)29(41-6)27(18-20)40-5)19-42-30(35)33-22-12-8-10-14-24(22)36(37)38/h7-19H,1-6H3. The van der Waals surface area contributed by atoms with Gasteiger partial charge in [-0.3, -0.25) is 10.1 Å². The number of fused-ring (bicyclic) bond motifs is 1. The Kier molecular flexibility index (Phi) is 7.86. The lowest BCUT2D eigenvalue weighted by molar-refractivity contribution is -0.384. The minimum atomic E-state index is -0.444. The van der Waals surface area contributed by atoms with E-state index in [0.717, 1.165) is 16.9 Å². The first-order valence-electron chi connectivity index (χ1n) is 13.1. The zero-order valence-electron chi connectivity index (χ0n) is 24.2. The molecule has 5 rings (SSSR count). The molecule has 0 aliphatic carbocycles. The van der Waals surface area contributed by atoms with Crippen LogP contribution in [0, 0.1) is 10.1 Å². The Hall–Kier alpha value is -4.90. The van der Waals surface area contributed by atoms with E-state index in [-0.39, 0.29) is 16.8 Å². The Balaban J connectivity index is 1.68. The van der Waals surface area contributed by atoms with Crippen LogP contribution in [0.25, 0.3) is 11.3 Å². The van der Waals surface area contributed by atoms with Crippen molar-refractivity contribution in [2.45, 2.75) is 19.3 Å². The topological polar surface area (TPSA) is 104 Å². The molecule has 3 aromatic carbocycles. The molecule has 1 aliphatic rings. The number of nitro groups is 1. The summed E-state index contributed by atoms with van der Waals surface area (Å²) in [6.07, 6.45) is 3.71. The van der Waals surface area contributed by atoms with Crippen LogP contribution < -0.4 is 23.9 Å². The van der Waals surface area contributed by atoms with Gasteiger partial charge in [-0.05, 0) is 35.9 Å². The van der Waals surface area contributed by atoms with Crippen LogP contribution in [0.4, 0.5) is 17.1 Å². The number of nitro benzene ring substituents is 1. The van der Waals surface area contributed by atoms with E-state index in [9.17, 15) is 10.1 Å². The molecule has 0 saturated heterocycles. The van der Waals surface area contributed by atoms with Crippen LogP contribution in [0.5, 0.6) is 17.2 Å². The molecule has 216 valence electrons. The number of aromatic nitrogens is 1. The van der Waals surface area contributed by atoms with E-state index >= 15 is 0 Å². The van der Waals surface area contributed by atoms with Gasteiger partial charge in [0.2, 0.25) is 10.6 Å². The molecule has 0 fully saturated rings. The molecule has 1 aromatic heterocycles. The van der Waals surface area contributed by atoms with Gasteiger partial charge < -0.3 is 19.1 Å². The zero-order valence-corrected chi connectivity index (χ0v) is 25.0. The Morgan fingerprint density at radius 3 is 2.29 bits per heavy atom. The van der Waals surface area contributed by atoms with Gasteiger partial charge in [0.05, 0.1) is 31.9 Å². The van der Waals surface area contributed by atoms with Gasteiger partial charge >= 0.3 is 0 Å². The Bertz CT molecular complexity index is 1760. The van der Waals surface area contributed by atoms with Crippen LogP contribution in [0.3, 0.4) is 0 Å². The predicted molar refractivity (Wildman–Crippen MR) is 166 cm³/mol. The lowest BCUT2D eigenvalue weighted by Gasteiger charge is -2.23. The van der Waals surface area contributed by atoms with Crippen molar-refractivity contribution < 1.29 is 19.1 Å². The second kappa shape index (κ2) is 11.5. The Morgan fingerprint density at radius 1 is 0.976 bits per heavy atom. The van der Waals surface area contributed by atoms with Gasteiger partial charge in [-0.15, -0.1) is 11.3 Å². The van der Waals surface area contributed by atoms with Crippen molar-refractivity contribution in [2.75, 3.05) is 33.3 Å². The number of benzene rings is 3. The summed E-state index contributed by atoms with van der Waals surface area (Å²) in [5, 5.41) is 18.4. The zero-order chi connectivity index (χ0) is 30.0. The number of methoxy groups -OCH3 is 3. The fourth-order valence-corrected chi connectivity index (χ4v) is 6.05. The predicted octanol–water partition coefficient (Wildman–Crippen LogP) is 6.53. The summed E-state index contributed by atoms with van der Waals surface area (Å²) in [7, 11) is 6.70. The van der Waals surface area contributed by atoms with Gasteiger partial charge in [0.15, 0.2) is 11.5 Å². The minimum Gasteiger partial charge on any atom is -0.493 e. The average Bonchev–Trinajstić information content (AvgIpc) is 3.47. The van der Waals surface area contributed by atoms with Crippen molar-refractivity contribution in [1.29, 1.82) is 0 Å². The first kappa shape index (κ1) is 28.6. The van der Waals surface area contributed by atoms with Crippen LogP contribution in [0.15, 0.2) is 87.9 Å². The van der Waals surface area contributed by atoms with E-state index in [2.05, 4.69) is 35.9 Å². The second-order valence-electron chi connectivity index (χ2n) is 10.0. The molecule has 1 aliphatic heterocycles. The van der Waals surface area contributed by atoms with Gasteiger partial charge in [-0.2, -0.15) is 5.10 Å². The highest BCUT2D eigenvalue weighted by molar-refractivity contribution is 7.07. The van der Waals surface area contributed by atoms with Crippen LogP contribution in [-0.4, -0.2) is 44.2 Å². The van der Waals surface area contributed by atoms with Crippen molar-refractivity contribution in [3.63, 3.8) is 0 Å². The van der Waals surface area contributed by atoms with E-state index in [4.69, 9.17) is 19.3 Å². The summed E-state index contributed by atoms with van der Waals surface area (Å²) >= 11 is 1.31. The van der Waals surface area contributed by atoms with E-state index in [1.807, 2.05) is 42.8 Å². The number of nitrogens with zero attached hydrogens (tertiary/aromatic N) is 5. The Morgan fingerprint density at radius 2 is 1.64 bits per heavy atom. The third-order valence-corrected chi connectivity index (χ3v) is 8.11. The summed E-state index contributed by atoms with van der Waals surface area (Å²) in [4.78, 5) is 18.5. The van der Waals surface area contributed by atoms with Gasteiger partial charge in [0.25, 0.3) is 5.69 Å². The van der Waals surface area contributed by atoms with Crippen LogP contribution in [0.2, 0.25) is 0 Å². The average molecular weight is 586 g/mol. The maximum Gasteiger partial charge on any atom is 0.294 e. The van der Waals surface area contributed by atoms with Gasteiger partial charge in [0, 0.05) is 47.1 Å². The van der Waals surface area contributed by atoms with Crippen molar-refractivity contribution in [3.05, 3.63) is 98.3 Å². The number of para-hydroxylation sites is 3. The summed E-state index contributed by atoms with van der Waals surface area (Å²) in [5.41, 5.74) is 4.80. The molecule has 0 bridgehead atoms. The number of thiazole rings is 1. The van der Waals surface area contributed by atoms with E-state index in [1.165, 1.54) is 23.0 Å². The number of rotatable bonds is 8. The smallest absolute Gasteiger partial charge is 0.294 e. The molecule has 0 N–H and O–H groups in total. The SMILES string of the molecule is COc1cc(-c2csc(=Nc3ccccc3[N+](=O)[O-])n2N=CC=C2N(C)c3ccccc3C2(C)C)cc(OC)c1OC. The fraction of sp³-hybridized carbons (Fsp3) is 0.226. The van der Waals surface area contributed by atoms with Crippen molar-refractivity contribution in [1.82, 2.24) is 4.68 Å². The van der Waals surface area contributed by atoms with Gasteiger partial charge in [-0.1, -0.05) is 44.2 Å². The van der Waals surface area contributed by atoms with Gasteiger partial charge in [0.1, 0.15) is 5.69 Å². The molecule has 0 amide bonds. The summed E-state index contributed by atoms with van der Waals surface area (Å²) in [6.45, 7) is 4.37. The van der Waals surface area contributed by atoms with Crippen LogP contribution in [0.1, 0.15) is 19.4 Å². The number of allylic oxidation sites excluding steroid dienone is 2. The third-order valence-electron chi connectivity index (χ3n) is 7.30. The minimum absolute atomic E-state index is 0.0926. The summed E-state index contributed by atoms with van der Waals surface area (Å²) in [5.74, 6) is 1.44. The highest BCUT2D eigenvalue weighted by atomic mass is 32.1. The lowest BCUT2D eigenvalue weighted by Crippen LogP contribution is -2.23. The van der Waals surface area contributed by atoms with Crippen LogP contribution in [-0.2, 0) is 5.41 Å². The highest BCUT2D eigenvalue weighted by Gasteiger charge is 2.37. The molecule has 0 atom stereocenters. The largest absolute Gasteiger partial charge is 0.493 e. The van der Waals surface area contributed by atoms with Crippen molar-refractivity contribution >= 4 is 34.6 Å². The molecule has 2 heterocycles. The summed E-state index contributed by atoms with van der Waals surface area (Å²) in [6, 6.07) is 18.4. The van der Waals surface area contributed by atoms with E-state index < -0.39 is 4.92 Å². The first-order chi connectivity index (χ1) is 20.2. The maximum atomic E-state index is 11.7. The summed E-state index contributed by atoms with van der Waals surface area (Å²) < 4.78 is 18.3. The number of anilines is 1. The lowest BCUT2D eigenvalue weighted by atomic mass is 9.84.